The van der Waals surface area contributed by atoms with E-state index in [1.54, 1.807) is 6.26 Å². The van der Waals surface area contributed by atoms with Crippen molar-refractivity contribution in [2.24, 2.45) is 5.41 Å². The molecule has 0 saturated heterocycles. The Balaban J connectivity index is 2.24. The molecule has 1 aromatic rings. The van der Waals surface area contributed by atoms with E-state index < -0.39 is 10.8 Å². The number of benzene rings is 1. The second-order valence-electron chi connectivity index (χ2n) is 5.70. The number of hydrogen-bond acceptors (Lipinski definition) is 3. The molecule has 108 valence electrons. The maximum Gasteiger partial charge on any atom is 0.0498 e. The highest BCUT2D eigenvalue weighted by molar-refractivity contribution is 7.84. The number of hydrogen-bond donors (Lipinski definition) is 2. The van der Waals surface area contributed by atoms with Crippen molar-refractivity contribution in [2.75, 3.05) is 19.4 Å². The molecule has 1 atom stereocenters. The van der Waals surface area contributed by atoms with E-state index in [9.17, 15) is 4.21 Å². The molecule has 1 unspecified atom stereocenters. The molecular weight excluding hydrogens is 258 g/mol. The maximum absolute atomic E-state index is 11.3. The Hall–Kier alpha value is -0.710. The molecule has 0 saturated carbocycles. The Morgan fingerprint density at radius 3 is 2.42 bits per heavy atom. The summed E-state index contributed by atoms with van der Waals surface area (Å²) in [7, 11) is -0.901. The van der Waals surface area contributed by atoms with Crippen molar-refractivity contribution >= 4 is 10.8 Å². The summed E-state index contributed by atoms with van der Waals surface area (Å²) in [4.78, 5) is 0.869. The van der Waals surface area contributed by atoms with Gasteiger partial charge in [-0.3, -0.25) is 4.21 Å². The largest absolute Gasteiger partial charge is 0.396 e. The van der Waals surface area contributed by atoms with Crippen molar-refractivity contribution in [1.82, 2.24) is 5.32 Å². The standard InChI is InChI=1S/C15H25NO2S/c1-15(2,12-17)9-4-10-16-11-13-5-7-14(8-6-13)19(3)18/h5-8,16-17H,4,9-12H2,1-3H3. The Bertz CT molecular complexity index is 401. The Morgan fingerprint density at radius 2 is 1.89 bits per heavy atom. The van der Waals surface area contributed by atoms with Crippen molar-refractivity contribution in [3.63, 3.8) is 0 Å². The van der Waals surface area contributed by atoms with Crippen LogP contribution in [0.1, 0.15) is 32.3 Å². The van der Waals surface area contributed by atoms with Crippen molar-refractivity contribution in [3.05, 3.63) is 29.8 Å². The summed E-state index contributed by atoms with van der Waals surface area (Å²) >= 11 is 0. The minimum absolute atomic E-state index is 0.0223. The fourth-order valence-corrected chi connectivity index (χ4v) is 2.32. The van der Waals surface area contributed by atoms with Crippen LogP contribution in [-0.4, -0.2) is 28.7 Å². The number of nitrogens with one attached hydrogen (secondary N) is 1. The predicted molar refractivity (Wildman–Crippen MR) is 80.6 cm³/mol. The van der Waals surface area contributed by atoms with Crippen molar-refractivity contribution < 1.29 is 9.32 Å². The van der Waals surface area contributed by atoms with E-state index in [4.69, 9.17) is 5.11 Å². The van der Waals surface area contributed by atoms with Crippen LogP contribution in [0.25, 0.3) is 0 Å². The second kappa shape index (κ2) is 7.78. The first-order valence-corrected chi connectivity index (χ1v) is 8.24. The van der Waals surface area contributed by atoms with Crippen molar-refractivity contribution in [3.8, 4) is 0 Å². The van der Waals surface area contributed by atoms with E-state index in [1.165, 1.54) is 5.56 Å². The van der Waals surface area contributed by atoms with Crippen LogP contribution in [0.4, 0.5) is 0 Å². The van der Waals surface area contributed by atoms with Gasteiger partial charge in [-0.15, -0.1) is 0 Å². The maximum atomic E-state index is 11.3. The smallest absolute Gasteiger partial charge is 0.0498 e. The molecule has 0 aliphatic carbocycles. The van der Waals surface area contributed by atoms with Gasteiger partial charge in [0.1, 0.15) is 0 Å². The minimum atomic E-state index is -0.901. The molecule has 1 aromatic carbocycles. The van der Waals surface area contributed by atoms with Crippen LogP contribution < -0.4 is 5.32 Å². The molecule has 19 heavy (non-hydrogen) atoms. The van der Waals surface area contributed by atoms with Crippen LogP contribution in [0.5, 0.6) is 0 Å². The van der Waals surface area contributed by atoms with Crippen LogP contribution in [0, 0.1) is 5.41 Å². The van der Waals surface area contributed by atoms with Crippen LogP contribution in [0.15, 0.2) is 29.2 Å². The fourth-order valence-electron chi connectivity index (χ4n) is 1.80. The summed E-state index contributed by atoms with van der Waals surface area (Å²) in [5.74, 6) is 0. The zero-order valence-corrected chi connectivity index (χ0v) is 12.9. The summed E-state index contributed by atoms with van der Waals surface area (Å²) in [6.07, 6.45) is 3.77. The summed E-state index contributed by atoms with van der Waals surface area (Å²) < 4.78 is 11.3. The highest BCUT2D eigenvalue weighted by Crippen LogP contribution is 2.20. The van der Waals surface area contributed by atoms with E-state index in [0.29, 0.717) is 0 Å². The molecule has 0 radical (unpaired) electrons. The molecule has 4 heteroatoms. The first-order valence-electron chi connectivity index (χ1n) is 6.68. The fraction of sp³-hybridized carbons (Fsp3) is 0.600. The average molecular weight is 283 g/mol. The van der Waals surface area contributed by atoms with E-state index in [1.807, 2.05) is 24.3 Å². The van der Waals surface area contributed by atoms with Gasteiger partial charge in [0.25, 0.3) is 0 Å². The van der Waals surface area contributed by atoms with Crippen LogP contribution >= 0.6 is 0 Å². The monoisotopic (exact) mass is 283 g/mol. The molecular formula is C15H25NO2S. The second-order valence-corrected chi connectivity index (χ2v) is 7.08. The Morgan fingerprint density at radius 1 is 1.26 bits per heavy atom. The lowest BCUT2D eigenvalue weighted by Gasteiger charge is -2.21. The molecule has 0 aliphatic rings. The van der Waals surface area contributed by atoms with Gasteiger partial charge in [0.05, 0.1) is 0 Å². The van der Waals surface area contributed by atoms with E-state index in [-0.39, 0.29) is 12.0 Å². The molecule has 0 aromatic heterocycles. The minimum Gasteiger partial charge on any atom is -0.396 e. The molecule has 0 spiro atoms. The Labute approximate surface area is 118 Å². The average Bonchev–Trinajstić information content (AvgIpc) is 2.39. The van der Waals surface area contributed by atoms with Gasteiger partial charge in [-0.1, -0.05) is 26.0 Å². The van der Waals surface area contributed by atoms with E-state index >= 15 is 0 Å². The van der Waals surface area contributed by atoms with Crippen molar-refractivity contribution in [2.45, 2.75) is 38.1 Å². The zero-order chi connectivity index (χ0) is 14.3. The lowest BCUT2D eigenvalue weighted by Crippen LogP contribution is -2.20. The van der Waals surface area contributed by atoms with E-state index in [0.717, 1.165) is 30.8 Å². The molecule has 0 fully saturated rings. The van der Waals surface area contributed by atoms with Gasteiger partial charge in [-0.25, -0.2) is 0 Å². The summed E-state index contributed by atoms with van der Waals surface area (Å²) in [5.41, 5.74) is 1.23. The highest BCUT2D eigenvalue weighted by Gasteiger charge is 2.14. The summed E-state index contributed by atoms with van der Waals surface area (Å²) in [5, 5.41) is 12.5. The van der Waals surface area contributed by atoms with Gasteiger partial charge in [-0.05, 0) is 42.5 Å². The van der Waals surface area contributed by atoms with Crippen LogP contribution in [0.2, 0.25) is 0 Å². The van der Waals surface area contributed by atoms with E-state index in [2.05, 4.69) is 19.2 Å². The van der Waals surface area contributed by atoms with Gasteiger partial charge >= 0.3 is 0 Å². The third-order valence-electron chi connectivity index (χ3n) is 3.22. The molecule has 0 amide bonds. The molecule has 0 aliphatic heterocycles. The predicted octanol–water partition coefficient (Wildman–Crippen LogP) is 2.31. The first-order chi connectivity index (χ1) is 8.94. The molecule has 1 rings (SSSR count). The quantitative estimate of drug-likeness (QED) is 0.720. The van der Waals surface area contributed by atoms with Gasteiger partial charge in [0.15, 0.2) is 0 Å². The third-order valence-corrected chi connectivity index (χ3v) is 4.16. The van der Waals surface area contributed by atoms with Crippen LogP contribution in [0.3, 0.4) is 0 Å². The van der Waals surface area contributed by atoms with Crippen molar-refractivity contribution in [1.29, 1.82) is 0 Å². The lowest BCUT2D eigenvalue weighted by atomic mass is 9.89. The molecule has 3 nitrogen and oxygen atoms in total. The summed E-state index contributed by atoms with van der Waals surface area (Å²) in [6.45, 7) is 6.18. The number of aliphatic hydroxyl groups excluding tert-OH is 1. The first kappa shape index (κ1) is 16.3. The van der Waals surface area contributed by atoms with Gasteiger partial charge in [-0.2, -0.15) is 0 Å². The molecule has 2 N–H and O–H groups in total. The summed E-state index contributed by atoms with van der Waals surface area (Å²) in [6, 6.07) is 7.87. The molecule has 0 bridgehead atoms. The van der Waals surface area contributed by atoms with Gasteiger partial charge in [0.2, 0.25) is 0 Å². The third kappa shape index (κ3) is 6.32. The lowest BCUT2D eigenvalue weighted by molar-refractivity contribution is 0.148. The molecule has 0 heterocycles. The van der Waals surface area contributed by atoms with Crippen LogP contribution in [-0.2, 0) is 17.3 Å². The van der Waals surface area contributed by atoms with Gasteiger partial charge < -0.3 is 10.4 Å². The zero-order valence-electron chi connectivity index (χ0n) is 12.1. The topological polar surface area (TPSA) is 49.3 Å². The van der Waals surface area contributed by atoms with Gasteiger partial charge in [0, 0.05) is 35.1 Å². The number of rotatable bonds is 8. The normalized spacial score (nSPS) is 13.5. The highest BCUT2D eigenvalue weighted by atomic mass is 32.2. The number of aliphatic hydroxyl groups is 1. The SMILES string of the molecule is CS(=O)c1ccc(CNCCCC(C)(C)CO)cc1. The Kier molecular flexibility index (Phi) is 6.69.